The molecular formula is C14H19N3O4. The van der Waals surface area contributed by atoms with Crippen LogP contribution in [0.15, 0.2) is 24.3 Å². The van der Waals surface area contributed by atoms with E-state index >= 15 is 0 Å². The van der Waals surface area contributed by atoms with Gasteiger partial charge in [0, 0.05) is 6.04 Å². The molecule has 1 rings (SSSR count). The molecule has 1 aromatic rings. The van der Waals surface area contributed by atoms with Gasteiger partial charge in [-0.25, -0.2) is 0 Å². The van der Waals surface area contributed by atoms with Crippen molar-refractivity contribution in [2.24, 2.45) is 5.73 Å². The van der Waals surface area contributed by atoms with Crippen molar-refractivity contribution in [3.8, 4) is 0 Å². The van der Waals surface area contributed by atoms with Crippen molar-refractivity contribution in [1.82, 2.24) is 4.90 Å². The fraction of sp³-hybridized carbons (Fsp3) is 0.357. The summed E-state index contributed by atoms with van der Waals surface area (Å²) in [5, 5.41) is 11.4. The Kier molecular flexibility index (Phi) is 5.86. The van der Waals surface area contributed by atoms with Crippen molar-refractivity contribution in [3.05, 3.63) is 29.8 Å². The molecule has 0 fully saturated rings. The van der Waals surface area contributed by atoms with Gasteiger partial charge in [0.15, 0.2) is 0 Å². The summed E-state index contributed by atoms with van der Waals surface area (Å²) in [6.45, 7) is 3.28. The number of aliphatic carboxylic acids is 1. The van der Waals surface area contributed by atoms with Crippen LogP contribution in [0.3, 0.4) is 0 Å². The van der Waals surface area contributed by atoms with Crippen LogP contribution in [0.1, 0.15) is 24.2 Å². The van der Waals surface area contributed by atoms with Crippen LogP contribution in [0.5, 0.6) is 0 Å². The zero-order valence-corrected chi connectivity index (χ0v) is 12.0. The van der Waals surface area contributed by atoms with Crippen molar-refractivity contribution in [1.29, 1.82) is 0 Å². The molecule has 0 saturated carbocycles. The second-order valence-corrected chi connectivity index (χ2v) is 4.85. The Morgan fingerprint density at radius 3 is 2.38 bits per heavy atom. The summed E-state index contributed by atoms with van der Waals surface area (Å²) in [5.74, 6) is -2.05. The number of carboxylic acid groups (broad SMARTS) is 1. The molecule has 0 aliphatic heterocycles. The van der Waals surface area contributed by atoms with Gasteiger partial charge in [0.25, 0.3) is 5.91 Å². The first-order valence-electron chi connectivity index (χ1n) is 6.45. The van der Waals surface area contributed by atoms with Gasteiger partial charge in [-0.05, 0) is 26.0 Å². The normalized spacial score (nSPS) is 10.7. The molecule has 0 bridgehead atoms. The number of hydrogen-bond donors (Lipinski definition) is 3. The summed E-state index contributed by atoms with van der Waals surface area (Å²) in [6, 6.07) is 6.28. The first kappa shape index (κ1) is 16.6. The predicted octanol–water partition coefficient (Wildman–Crippen LogP) is 0.519. The molecule has 0 heterocycles. The maximum absolute atomic E-state index is 12.0. The van der Waals surface area contributed by atoms with Gasteiger partial charge in [0.05, 0.1) is 24.3 Å². The zero-order valence-electron chi connectivity index (χ0n) is 12.0. The van der Waals surface area contributed by atoms with Crippen LogP contribution < -0.4 is 11.1 Å². The van der Waals surface area contributed by atoms with Crippen LogP contribution in [-0.2, 0) is 9.59 Å². The third kappa shape index (κ3) is 5.23. The van der Waals surface area contributed by atoms with Crippen LogP contribution in [0.4, 0.5) is 5.69 Å². The maximum Gasteiger partial charge on any atom is 0.317 e. The largest absolute Gasteiger partial charge is 0.480 e. The predicted molar refractivity (Wildman–Crippen MR) is 77.9 cm³/mol. The Labute approximate surface area is 122 Å². The van der Waals surface area contributed by atoms with E-state index in [9.17, 15) is 14.4 Å². The highest BCUT2D eigenvalue weighted by Gasteiger charge is 2.18. The second-order valence-electron chi connectivity index (χ2n) is 4.85. The summed E-state index contributed by atoms with van der Waals surface area (Å²) >= 11 is 0. The lowest BCUT2D eigenvalue weighted by atomic mass is 10.1. The number of carbonyl (C=O) groups excluding carboxylic acids is 2. The monoisotopic (exact) mass is 293 g/mol. The minimum absolute atomic E-state index is 0.0862. The quantitative estimate of drug-likeness (QED) is 0.678. The Morgan fingerprint density at radius 1 is 1.24 bits per heavy atom. The number of nitrogens with two attached hydrogens (primary N) is 1. The molecule has 0 aliphatic rings. The molecule has 4 N–H and O–H groups in total. The van der Waals surface area contributed by atoms with E-state index in [1.165, 1.54) is 11.0 Å². The van der Waals surface area contributed by atoms with Crippen molar-refractivity contribution in [2.45, 2.75) is 19.9 Å². The summed E-state index contributed by atoms with van der Waals surface area (Å²) < 4.78 is 0. The number of carboxylic acids is 1. The average Bonchev–Trinajstić information content (AvgIpc) is 2.37. The van der Waals surface area contributed by atoms with Gasteiger partial charge in [-0.2, -0.15) is 0 Å². The number of primary amides is 1. The van der Waals surface area contributed by atoms with Crippen molar-refractivity contribution in [3.63, 3.8) is 0 Å². The molecule has 7 heteroatoms. The smallest absolute Gasteiger partial charge is 0.317 e. The molecule has 21 heavy (non-hydrogen) atoms. The molecule has 1 aromatic carbocycles. The number of benzene rings is 1. The average molecular weight is 293 g/mol. The van der Waals surface area contributed by atoms with Crippen molar-refractivity contribution < 1.29 is 19.5 Å². The standard InChI is InChI=1S/C14H19N3O4/c1-9(2)17(8-13(19)20)7-12(18)16-11-6-4-3-5-10(11)14(15)21/h3-6,9H,7-8H2,1-2H3,(H2,15,21)(H,16,18)(H,19,20). The molecule has 114 valence electrons. The summed E-state index contributed by atoms with van der Waals surface area (Å²) in [4.78, 5) is 35.5. The summed E-state index contributed by atoms with van der Waals surface area (Å²) in [5.41, 5.74) is 5.75. The van der Waals surface area contributed by atoms with Crippen molar-refractivity contribution in [2.75, 3.05) is 18.4 Å². The zero-order chi connectivity index (χ0) is 16.0. The van der Waals surface area contributed by atoms with Crippen LogP contribution in [0.2, 0.25) is 0 Å². The van der Waals surface area contributed by atoms with Crippen LogP contribution in [0.25, 0.3) is 0 Å². The Hall–Kier alpha value is -2.41. The van der Waals surface area contributed by atoms with Gasteiger partial charge in [0.2, 0.25) is 5.91 Å². The van der Waals surface area contributed by atoms with Gasteiger partial charge in [-0.15, -0.1) is 0 Å². The number of amides is 2. The first-order valence-corrected chi connectivity index (χ1v) is 6.45. The number of hydrogen-bond acceptors (Lipinski definition) is 4. The molecule has 0 radical (unpaired) electrons. The van der Waals surface area contributed by atoms with Crippen LogP contribution in [0, 0.1) is 0 Å². The fourth-order valence-corrected chi connectivity index (χ4v) is 1.78. The molecule has 0 spiro atoms. The summed E-state index contributed by atoms with van der Waals surface area (Å²) in [6.07, 6.45) is 0. The van der Waals surface area contributed by atoms with Gasteiger partial charge in [0.1, 0.15) is 0 Å². The Balaban J connectivity index is 2.77. The van der Waals surface area contributed by atoms with Crippen LogP contribution in [-0.4, -0.2) is 46.9 Å². The highest BCUT2D eigenvalue weighted by Crippen LogP contribution is 2.14. The lowest BCUT2D eigenvalue weighted by Crippen LogP contribution is -2.41. The van der Waals surface area contributed by atoms with Crippen LogP contribution >= 0.6 is 0 Å². The van der Waals surface area contributed by atoms with Gasteiger partial charge in [-0.1, -0.05) is 12.1 Å². The third-order valence-electron chi connectivity index (χ3n) is 2.88. The lowest BCUT2D eigenvalue weighted by Gasteiger charge is -2.23. The number of para-hydroxylation sites is 1. The number of nitrogens with zero attached hydrogens (tertiary/aromatic N) is 1. The summed E-state index contributed by atoms with van der Waals surface area (Å²) in [7, 11) is 0. The minimum Gasteiger partial charge on any atom is -0.480 e. The minimum atomic E-state index is -1.01. The van der Waals surface area contributed by atoms with E-state index < -0.39 is 17.8 Å². The molecule has 7 nitrogen and oxygen atoms in total. The topological polar surface area (TPSA) is 113 Å². The Bertz CT molecular complexity index is 543. The van der Waals surface area contributed by atoms with Crippen molar-refractivity contribution >= 4 is 23.5 Å². The number of rotatable bonds is 7. The lowest BCUT2D eigenvalue weighted by molar-refractivity contribution is -0.139. The first-order chi connectivity index (χ1) is 9.81. The fourth-order valence-electron chi connectivity index (χ4n) is 1.78. The Morgan fingerprint density at radius 2 is 1.86 bits per heavy atom. The second kappa shape index (κ2) is 7.39. The SMILES string of the molecule is CC(C)N(CC(=O)O)CC(=O)Nc1ccccc1C(N)=O. The van der Waals surface area contributed by atoms with E-state index in [1.807, 2.05) is 0 Å². The number of anilines is 1. The third-order valence-corrected chi connectivity index (χ3v) is 2.88. The maximum atomic E-state index is 12.0. The molecule has 0 aliphatic carbocycles. The van der Waals surface area contributed by atoms with Gasteiger partial charge < -0.3 is 16.2 Å². The molecule has 0 saturated heterocycles. The highest BCUT2D eigenvalue weighted by molar-refractivity contribution is 6.03. The van der Waals surface area contributed by atoms with E-state index in [1.54, 1.807) is 32.0 Å². The molecular weight excluding hydrogens is 274 g/mol. The van der Waals surface area contributed by atoms with E-state index in [4.69, 9.17) is 10.8 Å². The molecule has 0 unspecified atom stereocenters. The molecule has 0 aromatic heterocycles. The van der Waals surface area contributed by atoms with E-state index in [2.05, 4.69) is 5.32 Å². The number of nitrogens with one attached hydrogen (secondary N) is 1. The molecule has 0 atom stereocenters. The van der Waals surface area contributed by atoms with Gasteiger partial charge >= 0.3 is 5.97 Å². The highest BCUT2D eigenvalue weighted by atomic mass is 16.4. The van der Waals surface area contributed by atoms with E-state index in [-0.39, 0.29) is 24.7 Å². The molecule has 2 amide bonds. The van der Waals surface area contributed by atoms with Gasteiger partial charge in [-0.3, -0.25) is 19.3 Å². The van der Waals surface area contributed by atoms with E-state index in [0.717, 1.165) is 0 Å². The number of carbonyl (C=O) groups is 3. The van der Waals surface area contributed by atoms with E-state index in [0.29, 0.717) is 5.69 Å².